The number of alkyl halides is 3. The van der Waals surface area contributed by atoms with E-state index in [9.17, 15) is 22.8 Å². The average molecular weight is 532 g/mol. The minimum absolute atomic E-state index is 0.0417. The number of esters is 1. The lowest BCUT2D eigenvalue weighted by Crippen LogP contribution is -2.15. The molecule has 0 N–H and O–H groups in total. The highest BCUT2D eigenvalue weighted by Crippen LogP contribution is 2.39. The molecule has 0 aliphatic rings. The number of halogens is 3. The lowest BCUT2D eigenvalue weighted by atomic mass is 10.1. The van der Waals surface area contributed by atoms with Crippen molar-refractivity contribution in [3.8, 4) is 23.0 Å². The van der Waals surface area contributed by atoms with E-state index in [2.05, 4.69) is 0 Å². The fourth-order valence-corrected chi connectivity index (χ4v) is 3.88. The minimum atomic E-state index is -5.03. The maximum atomic E-state index is 13.9. The van der Waals surface area contributed by atoms with E-state index < -0.39 is 34.7 Å². The van der Waals surface area contributed by atoms with Gasteiger partial charge >= 0.3 is 12.1 Å². The molecule has 5 rings (SSSR count). The summed E-state index contributed by atoms with van der Waals surface area (Å²) in [4.78, 5) is 25.4. The number of hydrogen-bond acceptors (Lipinski definition) is 6. The summed E-state index contributed by atoms with van der Waals surface area (Å²) in [5.74, 6) is -2.78. The number of carbonyl (C=O) groups excluding carboxylic acids is 1. The van der Waals surface area contributed by atoms with Gasteiger partial charge in [0.05, 0.1) is 12.5 Å². The van der Waals surface area contributed by atoms with Crippen LogP contribution in [0.1, 0.15) is 11.3 Å². The summed E-state index contributed by atoms with van der Waals surface area (Å²) in [7, 11) is 1.53. The highest BCUT2D eigenvalue weighted by molar-refractivity contribution is 5.89. The first-order valence-electron chi connectivity index (χ1n) is 11.6. The number of benzene rings is 4. The molecule has 1 heterocycles. The van der Waals surface area contributed by atoms with E-state index >= 15 is 0 Å². The molecule has 0 saturated carbocycles. The van der Waals surface area contributed by atoms with Gasteiger partial charge in [-0.1, -0.05) is 42.5 Å². The molecule has 4 aromatic carbocycles. The molecule has 9 heteroatoms. The zero-order valence-electron chi connectivity index (χ0n) is 20.3. The van der Waals surface area contributed by atoms with Crippen molar-refractivity contribution in [1.29, 1.82) is 0 Å². The van der Waals surface area contributed by atoms with Gasteiger partial charge < -0.3 is 18.6 Å². The maximum absolute atomic E-state index is 13.9. The van der Waals surface area contributed by atoms with E-state index in [-0.39, 0.29) is 16.9 Å². The molecule has 0 amide bonds. The number of ether oxygens (including phenoxy) is 3. The SMILES string of the molecule is COc1ccc(C=CC(=O)Oc2ccc3c(=O)c(Oc4ccc5ccccc5c4)c(C(F)(F)F)oc3c2)cc1. The highest BCUT2D eigenvalue weighted by Gasteiger charge is 2.40. The van der Waals surface area contributed by atoms with Gasteiger partial charge in [0.2, 0.25) is 11.2 Å². The van der Waals surface area contributed by atoms with Gasteiger partial charge in [-0.25, -0.2) is 4.79 Å². The van der Waals surface area contributed by atoms with E-state index in [0.29, 0.717) is 11.3 Å². The Hall–Kier alpha value is -5.05. The van der Waals surface area contributed by atoms with E-state index in [0.717, 1.165) is 22.9 Å². The largest absolute Gasteiger partial charge is 0.497 e. The van der Waals surface area contributed by atoms with Crippen LogP contribution in [0.5, 0.6) is 23.0 Å². The molecule has 0 unspecified atom stereocenters. The third kappa shape index (κ3) is 5.62. The Balaban J connectivity index is 1.44. The van der Waals surface area contributed by atoms with E-state index in [1.807, 2.05) is 12.1 Å². The molecule has 0 aliphatic heterocycles. The first kappa shape index (κ1) is 25.6. The van der Waals surface area contributed by atoms with E-state index in [1.165, 1.54) is 37.5 Å². The number of rotatable bonds is 6. The molecule has 0 bridgehead atoms. The zero-order valence-corrected chi connectivity index (χ0v) is 20.3. The highest BCUT2D eigenvalue weighted by atomic mass is 19.4. The van der Waals surface area contributed by atoms with Crippen LogP contribution in [0, 0.1) is 0 Å². The van der Waals surface area contributed by atoms with Crippen molar-refractivity contribution in [1.82, 2.24) is 0 Å². The van der Waals surface area contributed by atoms with Crippen molar-refractivity contribution in [3.05, 3.63) is 113 Å². The normalized spacial score (nSPS) is 11.7. The van der Waals surface area contributed by atoms with Gasteiger partial charge in [0.1, 0.15) is 22.8 Å². The Morgan fingerprint density at radius 2 is 1.54 bits per heavy atom. The van der Waals surface area contributed by atoms with Crippen LogP contribution in [0.2, 0.25) is 0 Å². The fourth-order valence-electron chi connectivity index (χ4n) is 3.88. The predicted molar refractivity (Wildman–Crippen MR) is 139 cm³/mol. The number of carbonyl (C=O) groups is 1. The first-order chi connectivity index (χ1) is 18.7. The van der Waals surface area contributed by atoms with Crippen LogP contribution in [0.15, 0.2) is 100 Å². The molecule has 0 spiro atoms. The summed E-state index contributed by atoms with van der Waals surface area (Å²) >= 11 is 0. The Bertz CT molecular complexity index is 1770. The molecular weight excluding hydrogens is 513 g/mol. The molecule has 0 atom stereocenters. The van der Waals surface area contributed by atoms with Crippen molar-refractivity contribution >= 4 is 33.8 Å². The molecule has 6 nitrogen and oxygen atoms in total. The van der Waals surface area contributed by atoms with Crippen LogP contribution in [-0.2, 0) is 11.0 Å². The second kappa shape index (κ2) is 10.4. The molecule has 196 valence electrons. The lowest BCUT2D eigenvalue weighted by molar-refractivity contribution is -0.154. The zero-order chi connectivity index (χ0) is 27.6. The third-order valence-corrected chi connectivity index (χ3v) is 5.77. The van der Waals surface area contributed by atoms with Crippen LogP contribution in [0.25, 0.3) is 27.8 Å². The first-order valence-corrected chi connectivity index (χ1v) is 11.6. The molecule has 0 aliphatic carbocycles. The lowest BCUT2D eigenvalue weighted by Gasteiger charge is -2.14. The Morgan fingerprint density at radius 3 is 2.26 bits per heavy atom. The Labute approximate surface area is 219 Å². The molecule has 1 aromatic heterocycles. The number of hydrogen-bond donors (Lipinski definition) is 0. The summed E-state index contributed by atoms with van der Waals surface area (Å²) in [6, 6.07) is 22.3. The second-order valence-corrected chi connectivity index (χ2v) is 8.38. The minimum Gasteiger partial charge on any atom is -0.497 e. The summed E-state index contributed by atoms with van der Waals surface area (Å²) in [6.07, 6.45) is -2.38. The molecule has 39 heavy (non-hydrogen) atoms. The van der Waals surface area contributed by atoms with Crippen molar-refractivity contribution in [2.75, 3.05) is 7.11 Å². The van der Waals surface area contributed by atoms with E-state index in [1.54, 1.807) is 42.5 Å². The summed E-state index contributed by atoms with van der Waals surface area (Å²) in [5, 5.41) is 1.40. The predicted octanol–water partition coefficient (Wildman–Crippen LogP) is 7.38. The van der Waals surface area contributed by atoms with Gasteiger partial charge in [-0.3, -0.25) is 4.79 Å². The molecule has 0 fully saturated rings. The quantitative estimate of drug-likeness (QED) is 0.129. The average Bonchev–Trinajstić information content (AvgIpc) is 2.93. The standard InChI is InChI=1S/C30H19F3O6/c1-36-21-10-6-18(7-11-21)8-15-26(34)37-23-13-14-24-25(17-23)39-29(30(31,32)33)28(27(24)35)38-22-12-9-19-4-2-3-5-20(19)16-22/h2-17H,1H3. The third-order valence-electron chi connectivity index (χ3n) is 5.77. The molecular formula is C30H19F3O6. The van der Waals surface area contributed by atoms with Crippen molar-refractivity contribution in [2.24, 2.45) is 0 Å². The summed E-state index contributed by atoms with van der Waals surface area (Å²) < 4.78 is 62.6. The smallest absolute Gasteiger partial charge is 0.453 e. The number of methoxy groups -OCH3 is 1. The summed E-state index contributed by atoms with van der Waals surface area (Å²) in [5.41, 5.74) is -0.734. The van der Waals surface area contributed by atoms with Crippen LogP contribution in [-0.4, -0.2) is 13.1 Å². The van der Waals surface area contributed by atoms with Gasteiger partial charge in [-0.15, -0.1) is 0 Å². The van der Waals surface area contributed by atoms with Crippen LogP contribution >= 0.6 is 0 Å². The van der Waals surface area contributed by atoms with Crippen LogP contribution in [0.4, 0.5) is 13.2 Å². The fraction of sp³-hybridized carbons (Fsp3) is 0.0667. The van der Waals surface area contributed by atoms with Crippen molar-refractivity contribution in [2.45, 2.75) is 6.18 Å². The molecule has 0 saturated heterocycles. The van der Waals surface area contributed by atoms with Gasteiger partial charge in [0, 0.05) is 12.1 Å². The van der Waals surface area contributed by atoms with Crippen LogP contribution < -0.4 is 19.6 Å². The van der Waals surface area contributed by atoms with Gasteiger partial charge in [0.15, 0.2) is 0 Å². The van der Waals surface area contributed by atoms with Crippen molar-refractivity contribution < 1.29 is 36.6 Å². The second-order valence-electron chi connectivity index (χ2n) is 8.38. The monoisotopic (exact) mass is 532 g/mol. The van der Waals surface area contributed by atoms with Gasteiger partial charge in [-0.2, -0.15) is 13.2 Å². The van der Waals surface area contributed by atoms with Gasteiger partial charge in [0.25, 0.3) is 5.76 Å². The van der Waals surface area contributed by atoms with Crippen LogP contribution in [0.3, 0.4) is 0 Å². The van der Waals surface area contributed by atoms with E-state index in [4.69, 9.17) is 18.6 Å². The molecule has 5 aromatic rings. The Kier molecular flexibility index (Phi) is 6.81. The maximum Gasteiger partial charge on any atom is 0.453 e. The summed E-state index contributed by atoms with van der Waals surface area (Å²) in [6.45, 7) is 0. The van der Waals surface area contributed by atoms with Crippen molar-refractivity contribution in [3.63, 3.8) is 0 Å². The number of fused-ring (bicyclic) bond motifs is 2. The molecule has 0 radical (unpaired) electrons. The topological polar surface area (TPSA) is 75.0 Å². The Morgan fingerprint density at radius 1 is 0.846 bits per heavy atom. The van der Waals surface area contributed by atoms with Gasteiger partial charge in [-0.05, 0) is 58.8 Å².